The Labute approximate surface area is 201 Å². The predicted octanol–water partition coefficient (Wildman–Crippen LogP) is 7.26. The number of hydrogen-bond acceptors (Lipinski definition) is 4. The molecule has 0 unspecified atom stereocenters. The number of esters is 1. The molecule has 1 heterocycles. The molecule has 2 aromatic carbocycles. The maximum Gasteiger partial charge on any atom is 0.337 e. The van der Waals surface area contributed by atoms with Crippen LogP contribution in [0.25, 0.3) is 11.3 Å². The number of aryl methyl sites for hydroxylation is 1. The fourth-order valence-corrected chi connectivity index (χ4v) is 7.26. The van der Waals surface area contributed by atoms with Crippen molar-refractivity contribution in [1.82, 2.24) is 0 Å². The third-order valence-electron chi connectivity index (χ3n) is 8.40. The average Bonchev–Trinajstić information content (AvgIpc) is 3.30. The number of aliphatic imine (C=N–C) groups is 1. The summed E-state index contributed by atoms with van der Waals surface area (Å²) >= 11 is 0. The molecule has 0 saturated heterocycles. The van der Waals surface area contributed by atoms with Gasteiger partial charge in [0.1, 0.15) is 11.5 Å². The number of nitrogens with zero attached hydrogens (tertiary/aromatic N) is 1. The summed E-state index contributed by atoms with van der Waals surface area (Å²) in [5, 5.41) is 0. The molecule has 34 heavy (non-hydrogen) atoms. The van der Waals surface area contributed by atoms with E-state index in [-0.39, 0.29) is 5.97 Å². The molecule has 7 rings (SSSR count). The summed E-state index contributed by atoms with van der Waals surface area (Å²) in [4.78, 5) is 16.4. The number of rotatable bonds is 5. The minimum absolute atomic E-state index is 0.337. The molecule has 0 aliphatic heterocycles. The highest BCUT2D eigenvalue weighted by molar-refractivity contribution is 5.90. The van der Waals surface area contributed by atoms with Gasteiger partial charge in [0.2, 0.25) is 0 Å². The molecule has 4 heteroatoms. The maximum atomic E-state index is 11.8. The monoisotopic (exact) mass is 453 g/mol. The van der Waals surface area contributed by atoms with E-state index in [1.165, 1.54) is 51.2 Å². The van der Waals surface area contributed by atoms with E-state index in [4.69, 9.17) is 9.15 Å². The molecule has 0 spiro atoms. The second-order valence-corrected chi connectivity index (χ2v) is 10.7. The fraction of sp³-hybridized carbons (Fsp3) is 0.400. The molecule has 4 aliphatic carbocycles. The Morgan fingerprint density at radius 2 is 1.65 bits per heavy atom. The smallest absolute Gasteiger partial charge is 0.337 e. The van der Waals surface area contributed by atoms with Crippen molar-refractivity contribution in [2.45, 2.75) is 50.9 Å². The van der Waals surface area contributed by atoms with Crippen molar-refractivity contribution < 1.29 is 13.9 Å². The van der Waals surface area contributed by atoms with E-state index in [0.717, 1.165) is 40.3 Å². The predicted molar refractivity (Wildman–Crippen MR) is 134 cm³/mol. The normalized spacial score (nSPS) is 27.4. The van der Waals surface area contributed by atoms with Gasteiger partial charge in [0.25, 0.3) is 0 Å². The zero-order valence-electron chi connectivity index (χ0n) is 19.9. The summed E-state index contributed by atoms with van der Waals surface area (Å²) in [6.45, 7) is 1.96. The van der Waals surface area contributed by atoms with Gasteiger partial charge in [0.15, 0.2) is 0 Å². The molecule has 4 bridgehead atoms. The highest BCUT2D eigenvalue weighted by Crippen LogP contribution is 2.60. The Bertz CT molecular complexity index is 1220. The van der Waals surface area contributed by atoms with E-state index in [0.29, 0.717) is 16.7 Å². The van der Waals surface area contributed by atoms with Crippen LogP contribution >= 0.6 is 0 Å². The van der Waals surface area contributed by atoms with Crippen molar-refractivity contribution in [2.24, 2.45) is 22.7 Å². The van der Waals surface area contributed by atoms with Crippen molar-refractivity contribution in [3.05, 3.63) is 77.0 Å². The maximum absolute atomic E-state index is 11.8. The van der Waals surface area contributed by atoms with Gasteiger partial charge in [0, 0.05) is 5.56 Å². The lowest BCUT2D eigenvalue weighted by molar-refractivity contribution is -0.00518. The van der Waals surface area contributed by atoms with Crippen LogP contribution in [0.2, 0.25) is 0 Å². The first kappa shape index (κ1) is 21.4. The quantitative estimate of drug-likeness (QED) is 0.302. The number of ether oxygens (including phenoxy) is 1. The van der Waals surface area contributed by atoms with Gasteiger partial charge in [0.05, 0.1) is 24.6 Å². The van der Waals surface area contributed by atoms with Crippen molar-refractivity contribution in [3.63, 3.8) is 0 Å². The van der Waals surface area contributed by atoms with Gasteiger partial charge in [-0.15, -0.1) is 0 Å². The first-order valence-electron chi connectivity index (χ1n) is 12.5. The SMILES string of the molecule is COC(=O)c1ccc(-c2ccc(C=Nc3ccc(C45CC6CC(CC(C6)C4)C5)cc3)o2)c(C)c1. The van der Waals surface area contributed by atoms with Gasteiger partial charge >= 0.3 is 5.97 Å². The lowest BCUT2D eigenvalue weighted by Crippen LogP contribution is -2.48. The van der Waals surface area contributed by atoms with Crippen molar-refractivity contribution in [2.75, 3.05) is 7.11 Å². The Kier molecular flexibility index (Phi) is 5.20. The van der Waals surface area contributed by atoms with Gasteiger partial charge in [-0.2, -0.15) is 0 Å². The first-order valence-corrected chi connectivity index (χ1v) is 12.5. The molecule has 3 aromatic rings. The summed E-state index contributed by atoms with van der Waals surface area (Å²) in [5.74, 6) is 3.99. The molecule has 0 radical (unpaired) electrons. The molecular weight excluding hydrogens is 422 g/mol. The minimum Gasteiger partial charge on any atom is -0.465 e. The van der Waals surface area contributed by atoms with Gasteiger partial charge in [-0.25, -0.2) is 4.79 Å². The third-order valence-corrected chi connectivity index (χ3v) is 8.40. The second-order valence-electron chi connectivity index (χ2n) is 10.7. The van der Waals surface area contributed by atoms with Crippen molar-refractivity contribution in [1.29, 1.82) is 0 Å². The van der Waals surface area contributed by atoms with E-state index < -0.39 is 0 Å². The van der Waals surface area contributed by atoms with Crippen molar-refractivity contribution in [3.8, 4) is 11.3 Å². The number of hydrogen-bond donors (Lipinski definition) is 0. The summed E-state index contributed by atoms with van der Waals surface area (Å²) < 4.78 is 10.8. The third kappa shape index (κ3) is 3.79. The fourth-order valence-electron chi connectivity index (χ4n) is 7.26. The van der Waals surface area contributed by atoms with Crippen LogP contribution < -0.4 is 0 Å². The van der Waals surface area contributed by atoms with E-state index in [2.05, 4.69) is 29.3 Å². The average molecular weight is 454 g/mol. The van der Waals surface area contributed by atoms with Crippen LogP contribution in [0.1, 0.15) is 65.8 Å². The summed E-state index contributed by atoms with van der Waals surface area (Å²) in [6, 6.07) is 18.3. The second kappa shape index (κ2) is 8.26. The molecule has 174 valence electrons. The van der Waals surface area contributed by atoms with Crippen LogP contribution in [0.15, 0.2) is 64.0 Å². The lowest BCUT2D eigenvalue weighted by Gasteiger charge is -2.57. The highest BCUT2D eigenvalue weighted by atomic mass is 16.5. The Morgan fingerprint density at radius 3 is 2.26 bits per heavy atom. The Morgan fingerprint density at radius 1 is 0.971 bits per heavy atom. The molecule has 0 amide bonds. The Balaban J connectivity index is 1.17. The zero-order valence-corrected chi connectivity index (χ0v) is 19.9. The van der Waals surface area contributed by atoms with Crippen LogP contribution in [0.5, 0.6) is 0 Å². The number of benzene rings is 2. The number of carbonyl (C=O) groups excluding carboxylic acids is 1. The molecule has 1 aromatic heterocycles. The zero-order chi connectivity index (χ0) is 23.3. The van der Waals surface area contributed by atoms with Crippen LogP contribution in [0, 0.1) is 24.7 Å². The van der Waals surface area contributed by atoms with E-state index in [1.807, 2.05) is 31.2 Å². The molecule has 4 aliphatic rings. The summed E-state index contributed by atoms with van der Waals surface area (Å²) in [6.07, 6.45) is 10.4. The van der Waals surface area contributed by atoms with Gasteiger partial charge in [-0.05, 0) is 116 Å². The van der Waals surface area contributed by atoms with Gasteiger partial charge < -0.3 is 9.15 Å². The molecule has 4 saturated carbocycles. The lowest BCUT2D eigenvalue weighted by atomic mass is 9.48. The largest absolute Gasteiger partial charge is 0.465 e. The molecule has 0 N–H and O–H groups in total. The van der Waals surface area contributed by atoms with Crippen LogP contribution in [0.4, 0.5) is 5.69 Å². The highest BCUT2D eigenvalue weighted by Gasteiger charge is 2.51. The minimum atomic E-state index is -0.337. The molecular formula is C30H31NO3. The van der Waals surface area contributed by atoms with E-state index >= 15 is 0 Å². The Hall–Kier alpha value is -3.14. The summed E-state index contributed by atoms with van der Waals surface area (Å²) in [7, 11) is 1.39. The topological polar surface area (TPSA) is 51.8 Å². The first-order chi connectivity index (χ1) is 16.5. The van der Waals surface area contributed by atoms with E-state index in [9.17, 15) is 4.79 Å². The number of carbonyl (C=O) groups is 1. The summed E-state index contributed by atoms with van der Waals surface area (Å²) in [5.41, 5.74) is 5.35. The van der Waals surface area contributed by atoms with Crippen LogP contribution in [-0.2, 0) is 10.2 Å². The van der Waals surface area contributed by atoms with Gasteiger partial charge in [-0.3, -0.25) is 4.99 Å². The van der Waals surface area contributed by atoms with Gasteiger partial charge in [-0.1, -0.05) is 18.2 Å². The van der Waals surface area contributed by atoms with Crippen LogP contribution in [0.3, 0.4) is 0 Å². The molecule has 4 fully saturated rings. The molecule has 4 nitrogen and oxygen atoms in total. The van der Waals surface area contributed by atoms with Crippen molar-refractivity contribution >= 4 is 17.9 Å². The molecule has 0 atom stereocenters. The number of furan rings is 1. The van der Waals surface area contributed by atoms with E-state index in [1.54, 1.807) is 12.3 Å². The standard InChI is InChI=1S/C30H31NO3/c1-19-11-23(29(32)33-2)3-9-27(19)28-10-8-26(34-28)18-31-25-6-4-24(5-7-25)30-15-20-12-21(16-30)14-22(13-20)17-30/h3-11,18,20-22H,12-17H2,1-2H3. The van der Waals surface area contributed by atoms with Crippen LogP contribution in [-0.4, -0.2) is 19.3 Å². The number of methoxy groups -OCH3 is 1.